The van der Waals surface area contributed by atoms with E-state index in [-0.39, 0.29) is 76.2 Å². The number of hydrogen-bond acceptors (Lipinski definition) is 6. The van der Waals surface area contributed by atoms with Crippen molar-refractivity contribution in [3.8, 4) is 0 Å². The standard InChI is InChI=1S/C7H17N.2C5H9O.C5H12.C4H8NO.CHO.2Y/c1-7(2,3)5-6-8-4;2*1-5(2,3)4-6;1-5(2,3)4;1-5-3-2-4-6;1-2;;/h8H,5-6H2,1-4H3;2*1-3H3;1-4H3;5H,2-3H2,1H3;1H;;/q;2*-1;;2*-1;;. The molecule has 0 aromatic carbocycles. The molecule has 0 aliphatic heterocycles. The Morgan fingerprint density at radius 1 is 0.600 bits per heavy atom. The molecule has 208 valence electrons. The first-order valence-electron chi connectivity index (χ1n) is 11.3. The summed E-state index contributed by atoms with van der Waals surface area (Å²) in [6.07, 6.45) is 7.21. The minimum absolute atomic E-state index is 0. The Balaban J connectivity index is -0.0000000423. The van der Waals surface area contributed by atoms with E-state index < -0.39 is 0 Å². The Kier molecular flexibility index (Phi) is 55.8. The summed E-state index contributed by atoms with van der Waals surface area (Å²) >= 11 is 0. The summed E-state index contributed by atoms with van der Waals surface area (Å²) < 4.78 is 0. The summed E-state index contributed by atoms with van der Waals surface area (Å²) in [7, 11) is 3.79. The quantitative estimate of drug-likeness (QED) is 0.235. The molecular formula is C27H56N2O4Y2-4. The Bertz CT molecular complexity index is 397. The minimum atomic E-state index is -0.264. The van der Waals surface area contributed by atoms with Gasteiger partial charge in [0.1, 0.15) is 0 Å². The van der Waals surface area contributed by atoms with Crippen molar-refractivity contribution in [2.45, 2.75) is 103 Å². The normalized spacial score (nSPS) is 9.80. The van der Waals surface area contributed by atoms with Gasteiger partial charge in [0.15, 0.2) is 0 Å². The van der Waals surface area contributed by atoms with E-state index in [1.54, 1.807) is 13.3 Å². The number of nitrogens with one attached hydrogen (secondary N) is 2. The third-order valence-corrected chi connectivity index (χ3v) is 2.21. The van der Waals surface area contributed by atoms with E-state index in [2.05, 4.69) is 65.9 Å². The minimum Gasteiger partial charge on any atom is -0.545 e. The van der Waals surface area contributed by atoms with Gasteiger partial charge in [-0.25, -0.2) is 0 Å². The fourth-order valence-corrected chi connectivity index (χ4v) is 0.676. The van der Waals surface area contributed by atoms with Gasteiger partial charge in [0.05, 0.1) is 0 Å². The fraction of sp³-hybridized carbons (Fsp3) is 0.852. The van der Waals surface area contributed by atoms with E-state index >= 15 is 0 Å². The molecule has 0 aromatic heterocycles. The molecule has 2 N–H and O–H groups in total. The van der Waals surface area contributed by atoms with Gasteiger partial charge >= 0.3 is 0 Å². The molecule has 0 heterocycles. The van der Waals surface area contributed by atoms with Crippen molar-refractivity contribution in [2.75, 3.05) is 27.2 Å². The zero-order valence-electron chi connectivity index (χ0n) is 25.7. The number of carbonyl (C=O) groups excluding carboxylic acids is 4. The van der Waals surface area contributed by atoms with Crippen LogP contribution in [-0.2, 0) is 84.6 Å². The first-order chi connectivity index (χ1) is 14.6. The number of rotatable bonds is 5. The summed E-state index contributed by atoms with van der Waals surface area (Å²) in [4.78, 5) is 36.6. The maximum absolute atomic E-state index is 9.70. The smallest absolute Gasteiger partial charge is 0 e. The van der Waals surface area contributed by atoms with Gasteiger partial charge in [-0.15, -0.1) is 17.3 Å². The molecule has 0 saturated carbocycles. The Labute approximate surface area is 270 Å². The van der Waals surface area contributed by atoms with Crippen LogP contribution < -0.4 is 10.6 Å². The molecule has 0 aromatic rings. The molecule has 0 spiro atoms. The van der Waals surface area contributed by atoms with E-state index in [0.29, 0.717) is 17.3 Å². The van der Waals surface area contributed by atoms with Crippen molar-refractivity contribution >= 4 is 25.6 Å². The van der Waals surface area contributed by atoms with Crippen LogP contribution in [0.15, 0.2) is 0 Å². The first-order valence-corrected chi connectivity index (χ1v) is 11.3. The van der Waals surface area contributed by atoms with Crippen LogP contribution in [0, 0.1) is 21.7 Å². The van der Waals surface area contributed by atoms with Crippen molar-refractivity contribution in [2.24, 2.45) is 21.7 Å². The average molecular weight is 651 g/mol. The zero-order valence-corrected chi connectivity index (χ0v) is 31.4. The third-order valence-electron chi connectivity index (χ3n) is 2.21. The van der Waals surface area contributed by atoms with Crippen molar-refractivity contribution in [3.63, 3.8) is 0 Å². The van der Waals surface area contributed by atoms with Crippen LogP contribution in [0.5, 0.6) is 0 Å². The fourth-order valence-electron chi connectivity index (χ4n) is 0.676. The first kappa shape index (κ1) is 56.1. The van der Waals surface area contributed by atoms with Crippen LogP contribution in [0.3, 0.4) is 0 Å². The van der Waals surface area contributed by atoms with Crippen LogP contribution in [0.2, 0.25) is 0 Å². The summed E-state index contributed by atoms with van der Waals surface area (Å²) in [6, 6.07) is 0. The zero-order chi connectivity index (χ0) is 28.4. The molecule has 8 heteroatoms. The molecule has 0 amide bonds. The van der Waals surface area contributed by atoms with E-state index in [9.17, 15) is 14.4 Å². The second-order valence-electron chi connectivity index (χ2n) is 12.1. The van der Waals surface area contributed by atoms with Crippen LogP contribution in [0.1, 0.15) is 103 Å². The summed E-state index contributed by atoms with van der Waals surface area (Å²) in [5, 5.41) is 5.93. The molecule has 2 radical (unpaired) electrons. The third kappa shape index (κ3) is 171. The topological polar surface area (TPSA) is 92.3 Å². The molecule has 0 atom stereocenters. The molecular weight excluding hydrogens is 594 g/mol. The molecule has 6 nitrogen and oxygen atoms in total. The van der Waals surface area contributed by atoms with Gasteiger partial charge in [-0.3, -0.25) is 25.6 Å². The number of hydrogen-bond donors (Lipinski definition) is 2. The average Bonchev–Trinajstić information content (AvgIpc) is 2.65. The van der Waals surface area contributed by atoms with Crippen molar-refractivity contribution in [1.82, 2.24) is 10.6 Å². The molecule has 35 heavy (non-hydrogen) atoms. The van der Waals surface area contributed by atoms with Gasteiger partial charge in [-0.2, -0.15) is 0 Å². The Hall–Kier alpha value is 0.808. The summed E-state index contributed by atoms with van der Waals surface area (Å²) in [5.41, 5.74) is 0.461. The van der Waals surface area contributed by atoms with E-state index in [1.807, 2.05) is 61.2 Å². The molecule has 0 bridgehead atoms. The van der Waals surface area contributed by atoms with Gasteiger partial charge in [-0.1, -0.05) is 90.0 Å². The summed E-state index contributed by atoms with van der Waals surface area (Å²) in [5.74, 6) is 0. The summed E-state index contributed by atoms with van der Waals surface area (Å²) in [6.45, 7) is 31.5. The Morgan fingerprint density at radius 2 is 0.829 bits per heavy atom. The van der Waals surface area contributed by atoms with Crippen LogP contribution in [-0.4, -0.2) is 52.8 Å². The van der Waals surface area contributed by atoms with E-state index in [4.69, 9.17) is 4.79 Å². The predicted molar refractivity (Wildman–Crippen MR) is 144 cm³/mol. The maximum Gasteiger partial charge on any atom is 0 e. The van der Waals surface area contributed by atoms with Crippen molar-refractivity contribution in [1.29, 1.82) is 0 Å². The molecule has 0 rings (SSSR count). The van der Waals surface area contributed by atoms with Gasteiger partial charge in [0, 0.05) is 65.4 Å². The van der Waals surface area contributed by atoms with E-state index in [1.165, 1.54) is 6.42 Å². The molecule has 0 aliphatic rings. The maximum atomic E-state index is 9.70. The SMILES string of the molecule is CC(C)(C)C.CC(C)(C)[C-]=O.CC(C)(C)[C-]=O.CNCCC(C)(C)C.CNCC[C-]=O.[CH-]=O.[Y].[Y]. The van der Waals surface area contributed by atoms with Gasteiger partial charge in [-0.05, 0) is 44.4 Å². The predicted octanol–water partition coefficient (Wildman–Crippen LogP) is 5.41. The van der Waals surface area contributed by atoms with Gasteiger partial charge in [0.2, 0.25) is 0 Å². The molecule has 0 aliphatic carbocycles. The van der Waals surface area contributed by atoms with Crippen LogP contribution >= 0.6 is 0 Å². The Morgan fingerprint density at radius 3 is 0.886 bits per heavy atom. The van der Waals surface area contributed by atoms with Crippen molar-refractivity contribution in [3.05, 3.63) is 0 Å². The second kappa shape index (κ2) is 34.8. The monoisotopic (exact) mass is 650 g/mol. The van der Waals surface area contributed by atoms with Gasteiger partial charge < -0.3 is 29.8 Å². The van der Waals surface area contributed by atoms with E-state index in [0.717, 1.165) is 13.1 Å². The van der Waals surface area contributed by atoms with Crippen LogP contribution in [0.25, 0.3) is 0 Å². The second-order valence-corrected chi connectivity index (χ2v) is 12.1. The molecule has 0 unspecified atom stereocenters. The van der Waals surface area contributed by atoms with Gasteiger partial charge in [0.25, 0.3) is 0 Å². The van der Waals surface area contributed by atoms with Crippen molar-refractivity contribution < 1.29 is 84.6 Å². The largest absolute Gasteiger partial charge is 0.545 e. The molecule has 0 saturated heterocycles. The molecule has 0 fully saturated rings. The van der Waals surface area contributed by atoms with Crippen LogP contribution in [0.4, 0.5) is 0 Å².